The summed E-state index contributed by atoms with van der Waals surface area (Å²) >= 11 is 3.02. The van der Waals surface area contributed by atoms with Crippen LogP contribution in [-0.4, -0.2) is 23.6 Å². The zero-order chi connectivity index (χ0) is 18.6. The number of carbonyl (C=O) groups excluding carboxylic acids is 2. The van der Waals surface area contributed by atoms with E-state index in [1.165, 1.54) is 30.3 Å². The first-order chi connectivity index (χ1) is 11.7. The summed E-state index contributed by atoms with van der Waals surface area (Å²) in [7, 11) is 0. The van der Waals surface area contributed by atoms with E-state index in [0.717, 1.165) is 12.1 Å². The molecule has 5 nitrogen and oxygen atoms in total. The van der Waals surface area contributed by atoms with E-state index < -0.39 is 35.9 Å². The van der Waals surface area contributed by atoms with E-state index in [0.29, 0.717) is 0 Å². The molecule has 2 aromatic rings. The number of hydrogen-bond donors (Lipinski definition) is 2. The maximum Gasteiger partial charge on any atom is 0.418 e. The fourth-order valence-corrected chi connectivity index (χ4v) is 2.25. The first-order valence-electron chi connectivity index (χ1n) is 6.80. The minimum absolute atomic E-state index is 0.0631. The molecule has 0 aliphatic rings. The van der Waals surface area contributed by atoms with Crippen LogP contribution >= 0.6 is 15.9 Å². The second kappa shape index (κ2) is 7.56. The first-order valence-corrected chi connectivity index (χ1v) is 7.59. The van der Waals surface area contributed by atoms with Crippen LogP contribution in [0.25, 0.3) is 0 Å². The van der Waals surface area contributed by atoms with Gasteiger partial charge in [0.1, 0.15) is 5.75 Å². The molecule has 25 heavy (non-hydrogen) atoms. The average Bonchev–Trinajstić information content (AvgIpc) is 2.54. The van der Waals surface area contributed by atoms with Gasteiger partial charge in [-0.15, -0.1) is 0 Å². The molecule has 0 aliphatic carbocycles. The van der Waals surface area contributed by atoms with E-state index >= 15 is 0 Å². The summed E-state index contributed by atoms with van der Waals surface area (Å²) < 4.78 is 43.5. The molecule has 2 N–H and O–H groups in total. The Morgan fingerprint density at radius 3 is 2.48 bits per heavy atom. The van der Waals surface area contributed by atoms with Crippen LogP contribution < -0.4 is 5.32 Å². The molecule has 0 unspecified atom stereocenters. The van der Waals surface area contributed by atoms with Crippen molar-refractivity contribution in [3.8, 4) is 5.75 Å². The second-order valence-corrected chi connectivity index (χ2v) is 5.69. The molecule has 0 aliphatic heterocycles. The molecular weight excluding hydrogens is 407 g/mol. The largest absolute Gasteiger partial charge is 0.507 e. The van der Waals surface area contributed by atoms with E-state index in [1.807, 2.05) is 0 Å². The Balaban J connectivity index is 1.99. The van der Waals surface area contributed by atoms with Gasteiger partial charge in [0.2, 0.25) is 0 Å². The number of amides is 1. The maximum absolute atomic E-state index is 12.8. The number of esters is 1. The quantitative estimate of drug-likeness (QED) is 0.738. The molecule has 0 atom stereocenters. The van der Waals surface area contributed by atoms with Gasteiger partial charge in [0, 0.05) is 0 Å². The number of ether oxygens (including phenoxy) is 1. The third-order valence-electron chi connectivity index (χ3n) is 3.02. The lowest BCUT2D eigenvalue weighted by Crippen LogP contribution is -2.22. The van der Waals surface area contributed by atoms with Crippen molar-refractivity contribution < 1.29 is 32.6 Å². The summed E-state index contributed by atoms with van der Waals surface area (Å²) in [6.07, 6.45) is -4.63. The van der Waals surface area contributed by atoms with E-state index in [4.69, 9.17) is 4.74 Å². The summed E-state index contributed by atoms with van der Waals surface area (Å²) in [5, 5.41) is 11.4. The van der Waals surface area contributed by atoms with Crippen molar-refractivity contribution >= 4 is 33.5 Å². The van der Waals surface area contributed by atoms with Crippen molar-refractivity contribution in [3.63, 3.8) is 0 Å². The highest BCUT2D eigenvalue weighted by atomic mass is 79.9. The predicted octanol–water partition coefficient (Wildman–Crippen LogP) is 3.97. The molecule has 0 fully saturated rings. The predicted molar refractivity (Wildman–Crippen MR) is 86.2 cm³/mol. The Bertz CT molecular complexity index is 808. The number of benzene rings is 2. The molecule has 0 bridgehead atoms. The summed E-state index contributed by atoms with van der Waals surface area (Å²) in [4.78, 5) is 23.6. The van der Waals surface area contributed by atoms with Crippen molar-refractivity contribution in [1.82, 2.24) is 0 Å². The van der Waals surface area contributed by atoms with E-state index in [2.05, 4.69) is 21.2 Å². The molecule has 9 heteroatoms. The number of phenolic OH excluding ortho intramolecular Hbond substituents is 1. The van der Waals surface area contributed by atoms with Gasteiger partial charge in [-0.25, -0.2) is 4.79 Å². The van der Waals surface area contributed by atoms with Crippen molar-refractivity contribution in [2.75, 3.05) is 11.9 Å². The van der Waals surface area contributed by atoms with Gasteiger partial charge in [-0.3, -0.25) is 4.79 Å². The zero-order valence-electron chi connectivity index (χ0n) is 12.4. The monoisotopic (exact) mass is 417 g/mol. The number of anilines is 1. The van der Waals surface area contributed by atoms with Gasteiger partial charge in [0.05, 0.1) is 21.3 Å². The number of para-hydroxylation sites is 1. The number of alkyl halides is 3. The summed E-state index contributed by atoms with van der Waals surface area (Å²) in [5.74, 6) is -1.86. The number of hydrogen-bond acceptors (Lipinski definition) is 4. The Morgan fingerprint density at radius 1 is 1.16 bits per heavy atom. The molecule has 0 saturated carbocycles. The second-order valence-electron chi connectivity index (χ2n) is 4.83. The molecule has 0 radical (unpaired) electrons. The van der Waals surface area contributed by atoms with Gasteiger partial charge in [0.25, 0.3) is 5.91 Å². The van der Waals surface area contributed by atoms with Crippen LogP contribution in [0.3, 0.4) is 0 Å². The smallest absolute Gasteiger partial charge is 0.418 e. The van der Waals surface area contributed by atoms with Crippen LogP contribution in [0.15, 0.2) is 46.9 Å². The fraction of sp³-hybridized carbons (Fsp3) is 0.125. The van der Waals surface area contributed by atoms with Crippen LogP contribution in [0.2, 0.25) is 0 Å². The number of carbonyl (C=O) groups is 2. The minimum atomic E-state index is -4.63. The van der Waals surface area contributed by atoms with Crippen LogP contribution in [-0.2, 0) is 15.7 Å². The normalized spacial score (nSPS) is 11.0. The van der Waals surface area contributed by atoms with Crippen molar-refractivity contribution in [2.45, 2.75) is 6.18 Å². The van der Waals surface area contributed by atoms with Crippen LogP contribution in [0.1, 0.15) is 15.9 Å². The van der Waals surface area contributed by atoms with Gasteiger partial charge < -0.3 is 15.2 Å². The van der Waals surface area contributed by atoms with Gasteiger partial charge in [-0.1, -0.05) is 12.1 Å². The maximum atomic E-state index is 12.8. The average molecular weight is 418 g/mol. The van der Waals surface area contributed by atoms with Crippen molar-refractivity contribution in [3.05, 3.63) is 58.1 Å². The van der Waals surface area contributed by atoms with Gasteiger partial charge in [-0.2, -0.15) is 13.2 Å². The van der Waals surface area contributed by atoms with E-state index in [1.54, 1.807) is 0 Å². The zero-order valence-corrected chi connectivity index (χ0v) is 14.0. The summed E-state index contributed by atoms with van der Waals surface area (Å²) in [6, 6.07) is 8.27. The van der Waals surface area contributed by atoms with Crippen LogP contribution in [0.5, 0.6) is 5.75 Å². The minimum Gasteiger partial charge on any atom is -0.507 e. The highest BCUT2D eigenvalue weighted by Gasteiger charge is 2.33. The molecule has 2 aromatic carbocycles. The van der Waals surface area contributed by atoms with Gasteiger partial charge in [-0.05, 0) is 46.3 Å². The topological polar surface area (TPSA) is 75.6 Å². The van der Waals surface area contributed by atoms with Gasteiger partial charge >= 0.3 is 12.1 Å². The fourth-order valence-electron chi connectivity index (χ4n) is 1.87. The molecule has 2 rings (SSSR count). The lowest BCUT2D eigenvalue weighted by atomic mass is 10.1. The summed E-state index contributed by atoms with van der Waals surface area (Å²) in [5.41, 5.74) is -1.37. The molecular formula is C16H11BrF3NO4. The number of rotatable bonds is 4. The molecule has 0 heterocycles. The Labute approximate surface area is 148 Å². The molecule has 1 amide bonds. The summed E-state index contributed by atoms with van der Waals surface area (Å²) in [6.45, 7) is -0.760. The Kier molecular flexibility index (Phi) is 5.68. The molecule has 132 valence electrons. The van der Waals surface area contributed by atoms with Gasteiger partial charge in [0.15, 0.2) is 6.61 Å². The van der Waals surface area contributed by atoms with Crippen LogP contribution in [0.4, 0.5) is 18.9 Å². The third-order valence-corrected chi connectivity index (χ3v) is 3.66. The highest BCUT2D eigenvalue weighted by Crippen LogP contribution is 2.34. The lowest BCUT2D eigenvalue weighted by molar-refractivity contribution is -0.137. The van der Waals surface area contributed by atoms with Crippen molar-refractivity contribution in [2.24, 2.45) is 0 Å². The Morgan fingerprint density at radius 2 is 1.84 bits per heavy atom. The first kappa shape index (κ1) is 18.8. The van der Waals surface area contributed by atoms with Crippen LogP contribution in [0, 0.1) is 0 Å². The molecule has 0 spiro atoms. The molecule has 0 saturated heterocycles. The number of phenols is 1. The number of halogens is 4. The Hall–Kier alpha value is -2.55. The lowest BCUT2D eigenvalue weighted by Gasteiger charge is -2.13. The number of nitrogens with one attached hydrogen (secondary N) is 1. The standard InChI is InChI=1S/C16H11BrF3NO4/c17-11-7-9(5-6-13(11)22)15(24)25-8-14(23)21-12-4-2-1-3-10(12)16(18,19)20/h1-7,22H,8H2,(H,21,23). The van der Waals surface area contributed by atoms with E-state index in [9.17, 15) is 27.9 Å². The highest BCUT2D eigenvalue weighted by molar-refractivity contribution is 9.10. The SMILES string of the molecule is O=C(COC(=O)c1ccc(O)c(Br)c1)Nc1ccccc1C(F)(F)F. The van der Waals surface area contributed by atoms with E-state index in [-0.39, 0.29) is 15.8 Å². The molecule has 0 aromatic heterocycles. The third kappa shape index (κ3) is 4.96. The number of aromatic hydroxyl groups is 1. The van der Waals surface area contributed by atoms with Crippen molar-refractivity contribution in [1.29, 1.82) is 0 Å².